The lowest BCUT2D eigenvalue weighted by Gasteiger charge is -2.32. The van der Waals surface area contributed by atoms with E-state index in [0.29, 0.717) is 11.2 Å². The van der Waals surface area contributed by atoms with Gasteiger partial charge in [0.15, 0.2) is 23.1 Å². The number of rotatable bonds is 3. The first-order chi connectivity index (χ1) is 10.3. The van der Waals surface area contributed by atoms with Crippen molar-refractivity contribution in [2.45, 2.75) is 37.4 Å². The third kappa shape index (κ3) is 1.82. The Balaban J connectivity index is 2.12. The van der Waals surface area contributed by atoms with Crippen molar-refractivity contribution in [1.29, 1.82) is 0 Å². The van der Waals surface area contributed by atoms with Crippen molar-refractivity contribution in [1.82, 2.24) is 19.5 Å². The average molecular weight is 312 g/mol. The number of hydrogen-bond donors (Lipinski definition) is 2. The molecule has 0 saturated carbocycles. The maximum Gasteiger partial charge on any atom is 0.245 e. The SMILES string of the molecule is COc1ncnc2c1ncn2[C@@H]1O[C@H](CO)[C@@](C)(O)[C@@]1(C)F. The number of fused-ring (bicyclic) bond motifs is 1. The molecule has 4 atom stereocenters. The minimum atomic E-state index is -2.16. The molecule has 22 heavy (non-hydrogen) atoms. The van der Waals surface area contributed by atoms with Crippen LogP contribution >= 0.6 is 0 Å². The molecule has 0 aromatic carbocycles. The molecular weight excluding hydrogens is 295 g/mol. The van der Waals surface area contributed by atoms with Crippen LogP contribution in [-0.2, 0) is 4.74 Å². The molecule has 0 radical (unpaired) electrons. The summed E-state index contributed by atoms with van der Waals surface area (Å²) < 4.78 is 27.1. The summed E-state index contributed by atoms with van der Waals surface area (Å²) in [4.78, 5) is 12.1. The van der Waals surface area contributed by atoms with E-state index in [1.165, 1.54) is 38.2 Å². The Hall–Kier alpha value is -1.84. The number of methoxy groups -OCH3 is 1. The lowest BCUT2D eigenvalue weighted by atomic mass is 9.85. The van der Waals surface area contributed by atoms with Crippen LogP contribution in [0, 0.1) is 0 Å². The maximum absolute atomic E-state index is 15.2. The van der Waals surface area contributed by atoms with Crippen molar-refractivity contribution in [2.75, 3.05) is 13.7 Å². The Bertz CT molecular complexity index is 702. The number of aliphatic hydroxyl groups is 2. The van der Waals surface area contributed by atoms with E-state index in [0.717, 1.165) is 0 Å². The van der Waals surface area contributed by atoms with Gasteiger partial charge in [0.1, 0.15) is 18.0 Å². The number of aromatic nitrogens is 4. The highest BCUT2D eigenvalue weighted by Crippen LogP contribution is 2.48. The second-order valence-corrected chi connectivity index (χ2v) is 5.59. The highest BCUT2D eigenvalue weighted by Gasteiger charge is 2.63. The van der Waals surface area contributed by atoms with Crippen LogP contribution in [0.25, 0.3) is 11.2 Å². The standard InChI is InChI=1S/C13H17FN4O4/c1-12(14)11(22-7(4-19)13(12,2)20)18-6-17-8-9(18)15-5-16-10(8)21-3/h5-7,11,19-20H,4H2,1-3H3/t7-,11-,12+,13-/m1/s1. The van der Waals surface area contributed by atoms with Crippen LogP contribution in [0.4, 0.5) is 4.39 Å². The van der Waals surface area contributed by atoms with Gasteiger partial charge in [-0.3, -0.25) is 4.57 Å². The second-order valence-electron chi connectivity index (χ2n) is 5.59. The third-order valence-corrected chi connectivity index (χ3v) is 4.31. The van der Waals surface area contributed by atoms with Crippen LogP contribution in [0.1, 0.15) is 20.1 Å². The first-order valence-corrected chi connectivity index (χ1v) is 6.73. The molecule has 3 heterocycles. The number of alkyl halides is 1. The molecule has 0 aliphatic carbocycles. The van der Waals surface area contributed by atoms with E-state index >= 15 is 4.39 Å². The molecule has 1 saturated heterocycles. The zero-order chi connectivity index (χ0) is 16.1. The molecule has 0 unspecified atom stereocenters. The van der Waals surface area contributed by atoms with E-state index < -0.39 is 30.2 Å². The number of nitrogens with zero attached hydrogens (tertiary/aromatic N) is 4. The van der Waals surface area contributed by atoms with Gasteiger partial charge in [0, 0.05) is 0 Å². The summed E-state index contributed by atoms with van der Waals surface area (Å²) in [5, 5.41) is 19.7. The van der Waals surface area contributed by atoms with Crippen LogP contribution in [-0.4, -0.2) is 60.8 Å². The molecule has 2 N–H and O–H groups in total. The lowest BCUT2D eigenvalue weighted by molar-refractivity contribution is -0.0891. The average Bonchev–Trinajstić information content (AvgIpc) is 2.97. The number of ether oxygens (including phenoxy) is 2. The van der Waals surface area contributed by atoms with E-state index in [9.17, 15) is 10.2 Å². The fourth-order valence-corrected chi connectivity index (χ4v) is 2.68. The van der Waals surface area contributed by atoms with Gasteiger partial charge in [0.25, 0.3) is 0 Å². The minimum absolute atomic E-state index is 0.257. The number of aliphatic hydroxyl groups excluding tert-OH is 1. The second kappa shape index (κ2) is 4.83. The fourth-order valence-electron chi connectivity index (χ4n) is 2.68. The van der Waals surface area contributed by atoms with Crippen LogP contribution in [0.5, 0.6) is 5.88 Å². The summed E-state index contributed by atoms with van der Waals surface area (Å²) >= 11 is 0. The van der Waals surface area contributed by atoms with Gasteiger partial charge in [-0.15, -0.1) is 0 Å². The van der Waals surface area contributed by atoms with Gasteiger partial charge in [-0.2, -0.15) is 4.98 Å². The predicted molar refractivity (Wildman–Crippen MR) is 73.0 cm³/mol. The summed E-state index contributed by atoms with van der Waals surface area (Å²) in [6.07, 6.45) is 0.365. The Kier molecular flexibility index (Phi) is 3.31. The Labute approximate surface area is 125 Å². The van der Waals surface area contributed by atoms with Crippen molar-refractivity contribution in [3.05, 3.63) is 12.7 Å². The number of halogens is 1. The molecule has 1 aliphatic rings. The maximum atomic E-state index is 15.2. The van der Waals surface area contributed by atoms with Crippen molar-refractivity contribution in [3.8, 4) is 5.88 Å². The van der Waals surface area contributed by atoms with E-state index in [1.807, 2.05) is 0 Å². The van der Waals surface area contributed by atoms with Gasteiger partial charge in [0.2, 0.25) is 5.88 Å². The molecule has 3 rings (SSSR count). The van der Waals surface area contributed by atoms with Crippen molar-refractivity contribution >= 4 is 11.2 Å². The monoisotopic (exact) mass is 312 g/mol. The molecular formula is C13H17FN4O4. The van der Waals surface area contributed by atoms with Gasteiger partial charge in [-0.25, -0.2) is 14.4 Å². The molecule has 120 valence electrons. The Morgan fingerprint density at radius 1 is 1.41 bits per heavy atom. The summed E-state index contributed by atoms with van der Waals surface area (Å²) in [6.45, 7) is 2.01. The Morgan fingerprint density at radius 2 is 2.14 bits per heavy atom. The molecule has 2 aromatic heterocycles. The summed E-state index contributed by atoms with van der Waals surface area (Å²) in [5.41, 5.74) is -3.35. The minimum Gasteiger partial charge on any atom is -0.479 e. The molecule has 8 nitrogen and oxygen atoms in total. The normalized spacial score (nSPS) is 35.2. The quantitative estimate of drug-likeness (QED) is 0.834. The molecule has 2 aromatic rings. The largest absolute Gasteiger partial charge is 0.479 e. The van der Waals surface area contributed by atoms with E-state index in [4.69, 9.17) is 9.47 Å². The van der Waals surface area contributed by atoms with E-state index in [2.05, 4.69) is 15.0 Å². The smallest absolute Gasteiger partial charge is 0.245 e. The van der Waals surface area contributed by atoms with Gasteiger partial charge in [0.05, 0.1) is 20.0 Å². The van der Waals surface area contributed by atoms with Crippen LogP contribution in [0.2, 0.25) is 0 Å². The molecule has 1 aliphatic heterocycles. The van der Waals surface area contributed by atoms with Crippen molar-refractivity contribution in [3.63, 3.8) is 0 Å². The summed E-state index contributed by atoms with van der Waals surface area (Å²) in [7, 11) is 1.44. The van der Waals surface area contributed by atoms with Crippen LogP contribution in [0.15, 0.2) is 12.7 Å². The topological polar surface area (TPSA) is 103 Å². The molecule has 1 fully saturated rings. The zero-order valence-electron chi connectivity index (χ0n) is 12.4. The lowest BCUT2D eigenvalue weighted by Crippen LogP contribution is -2.51. The molecule has 0 amide bonds. The molecule has 0 spiro atoms. The van der Waals surface area contributed by atoms with Crippen molar-refractivity contribution in [2.24, 2.45) is 0 Å². The van der Waals surface area contributed by atoms with Crippen molar-refractivity contribution < 1.29 is 24.1 Å². The van der Waals surface area contributed by atoms with Gasteiger partial charge < -0.3 is 19.7 Å². The number of hydrogen-bond acceptors (Lipinski definition) is 7. The molecule has 0 bridgehead atoms. The first kappa shape index (κ1) is 15.1. The first-order valence-electron chi connectivity index (χ1n) is 6.73. The zero-order valence-corrected chi connectivity index (χ0v) is 12.4. The summed E-state index contributed by atoms with van der Waals surface area (Å²) in [6, 6.07) is 0. The van der Waals surface area contributed by atoms with E-state index in [1.54, 1.807) is 0 Å². The third-order valence-electron chi connectivity index (χ3n) is 4.31. The summed E-state index contributed by atoms with van der Waals surface area (Å²) in [5.74, 6) is 0.257. The number of imidazole rings is 1. The Morgan fingerprint density at radius 3 is 2.73 bits per heavy atom. The van der Waals surface area contributed by atoms with Gasteiger partial charge >= 0.3 is 0 Å². The van der Waals surface area contributed by atoms with Crippen LogP contribution < -0.4 is 4.74 Å². The highest BCUT2D eigenvalue weighted by molar-refractivity contribution is 5.76. The predicted octanol–water partition coefficient (Wildman–Crippen LogP) is 0.204. The highest BCUT2D eigenvalue weighted by atomic mass is 19.1. The molecule has 9 heteroatoms. The van der Waals surface area contributed by atoms with E-state index in [-0.39, 0.29) is 5.88 Å². The van der Waals surface area contributed by atoms with Crippen LogP contribution in [0.3, 0.4) is 0 Å². The van der Waals surface area contributed by atoms with Gasteiger partial charge in [-0.1, -0.05) is 0 Å². The van der Waals surface area contributed by atoms with Gasteiger partial charge in [-0.05, 0) is 13.8 Å². The fraction of sp³-hybridized carbons (Fsp3) is 0.615.